The van der Waals surface area contributed by atoms with Gasteiger partial charge in [-0.3, -0.25) is 0 Å². The third-order valence-corrected chi connectivity index (χ3v) is 6.24. The number of aromatic nitrogens is 5. The molecule has 10 nitrogen and oxygen atoms in total. The topological polar surface area (TPSA) is 116 Å². The number of benzene rings is 2. The van der Waals surface area contributed by atoms with E-state index in [-0.39, 0.29) is 0 Å². The normalized spacial score (nSPS) is 11.4. The number of rotatable bonds is 7. The second kappa shape index (κ2) is 8.47. The molecule has 4 aromatic rings. The molecule has 32 heavy (non-hydrogen) atoms. The van der Waals surface area contributed by atoms with Crippen LogP contribution in [0.3, 0.4) is 0 Å². The van der Waals surface area contributed by atoms with E-state index in [2.05, 4.69) is 30.7 Å². The zero-order valence-corrected chi connectivity index (χ0v) is 19.3. The minimum atomic E-state index is -2.43. The SMILES string of the molecule is COc1cc(P(C)(C)=O)ccc1Nc1nc(Nc2ccccc2OC)n2nc(C)nc2n1. The first-order valence-electron chi connectivity index (χ1n) is 9.80. The van der Waals surface area contributed by atoms with Crippen LogP contribution in [0, 0.1) is 6.92 Å². The smallest absolute Gasteiger partial charge is 0.258 e. The fourth-order valence-electron chi connectivity index (χ4n) is 3.13. The quantitative estimate of drug-likeness (QED) is 0.405. The van der Waals surface area contributed by atoms with Crippen LogP contribution in [-0.2, 0) is 4.57 Å². The van der Waals surface area contributed by atoms with Crippen molar-refractivity contribution in [2.24, 2.45) is 0 Å². The summed E-state index contributed by atoms with van der Waals surface area (Å²) in [6.07, 6.45) is 0. The molecular weight excluding hydrogens is 429 g/mol. The fraction of sp³-hybridized carbons (Fsp3) is 0.238. The molecule has 0 saturated carbocycles. The van der Waals surface area contributed by atoms with Gasteiger partial charge in [-0.1, -0.05) is 12.1 Å². The number of ether oxygens (including phenoxy) is 2. The van der Waals surface area contributed by atoms with Gasteiger partial charge in [0.1, 0.15) is 24.5 Å². The van der Waals surface area contributed by atoms with Gasteiger partial charge in [0.2, 0.25) is 11.9 Å². The largest absolute Gasteiger partial charge is 0.495 e. The van der Waals surface area contributed by atoms with E-state index in [1.54, 1.807) is 52.7 Å². The lowest BCUT2D eigenvalue weighted by molar-refractivity contribution is 0.416. The van der Waals surface area contributed by atoms with Gasteiger partial charge in [0, 0.05) is 5.30 Å². The van der Waals surface area contributed by atoms with Crippen molar-refractivity contribution in [3.05, 3.63) is 48.3 Å². The summed E-state index contributed by atoms with van der Waals surface area (Å²) in [5.74, 6) is 2.83. The number of nitrogens with one attached hydrogen (secondary N) is 2. The number of anilines is 4. The van der Waals surface area contributed by atoms with Crippen LogP contribution in [0.5, 0.6) is 11.5 Å². The molecule has 0 aliphatic heterocycles. The summed E-state index contributed by atoms with van der Waals surface area (Å²) in [5.41, 5.74) is 1.35. The summed E-state index contributed by atoms with van der Waals surface area (Å²) >= 11 is 0. The zero-order chi connectivity index (χ0) is 22.9. The number of hydrogen-bond donors (Lipinski definition) is 2. The molecule has 2 N–H and O–H groups in total. The number of aryl methyl sites for hydroxylation is 1. The van der Waals surface area contributed by atoms with E-state index in [0.29, 0.717) is 40.7 Å². The molecule has 11 heteroatoms. The minimum Gasteiger partial charge on any atom is -0.495 e. The molecule has 2 aromatic carbocycles. The summed E-state index contributed by atoms with van der Waals surface area (Å²) in [6, 6.07) is 12.9. The van der Waals surface area contributed by atoms with E-state index in [9.17, 15) is 4.57 Å². The van der Waals surface area contributed by atoms with Crippen molar-refractivity contribution in [3.8, 4) is 11.5 Å². The molecule has 0 saturated heterocycles. The van der Waals surface area contributed by atoms with Crippen LogP contribution >= 0.6 is 7.14 Å². The van der Waals surface area contributed by atoms with Gasteiger partial charge >= 0.3 is 0 Å². The van der Waals surface area contributed by atoms with E-state index in [0.717, 1.165) is 11.0 Å². The number of methoxy groups -OCH3 is 2. The Labute approximate surface area is 185 Å². The number of hydrogen-bond acceptors (Lipinski definition) is 9. The Balaban J connectivity index is 1.75. The van der Waals surface area contributed by atoms with Gasteiger partial charge in [-0.2, -0.15) is 19.5 Å². The van der Waals surface area contributed by atoms with E-state index < -0.39 is 7.14 Å². The maximum absolute atomic E-state index is 12.4. The second-order valence-corrected chi connectivity index (χ2v) is 10.6. The first-order chi connectivity index (χ1) is 15.3. The van der Waals surface area contributed by atoms with Crippen LogP contribution in [0.1, 0.15) is 5.82 Å². The number of nitrogens with zero attached hydrogens (tertiary/aromatic N) is 5. The summed E-state index contributed by atoms with van der Waals surface area (Å²) in [4.78, 5) is 13.4. The third kappa shape index (κ3) is 4.36. The molecule has 0 fully saturated rings. The molecule has 0 amide bonds. The predicted octanol–water partition coefficient (Wildman–Crippen LogP) is 3.58. The van der Waals surface area contributed by atoms with E-state index in [1.807, 2.05) is 24.3 Å². The van der Waals surface area contributed by atoms with Gasteiger partial charge in [0.15, 0.2) is 0 Å². The van der Waals surface area contributed by atoms with Crippen molar-refractivity contribution < 1.29 is 14.0 Å². The van der Waals surface area contributed by atoms with Gasteiger partial charge in [0.25, 0.3) is 5.78 Å². The summed E-state index contributed by atoms with van der Waals surface area (Å²) in [6.45, 7) is 5.22. The average molecular weight is 453 g/mol. The Bertz CT molecular complexity index is 1330. The minimum absolute atomic E-state index is 0.296. The maximum atomic E-state index is 12.4. The fourth-order valence-corrected chi connectivity index (χ4v) is 3.99. The molecule has 0 aliphatic rings. The first kappa shape index (κ1) is 21.6. The van der Waals surface area contributed by atoms with Crippen molar-refractivity contribution in [2.45, 2.75) is 6.92 Å². The monoisotopic (exact) mass is 453 g/mol. The lowest BCUT2D eigenvalue weighted by atomic mass is 10.3. The van der Waals surface area contributed by atoms with Crippen LogP contribution in [0.4, 0.5) is 23.3 Å². The van der Waals surface area contributed by atoms with Gasteiger partial charge in [-0.15, -0.1) is 5.10 Å². The van der Waals surface area contributed by atoms with Crippen LogP contribution < -0.4 is 25.4 Å². The molecule has 0 bridgehead atoms. The van der Waals surface area contributed by atoms with Crippen molar-refractivity contribution >= 4 is 41.5 Å². The average Bonchev–Trinajstić information content (AvgIpc) is 3.14. The summed E-state index contributed by atoms with van der Waals surface area (Å²) < 4.78 is 24.9. The number of fused-ring (bicyclic) bond motifs is 1. The highest BCUT2D eigenvalue weighted by atomic mass is 31.2. The highest BCUT2D eigenvalue weighted by Crippen LogP contribution is 2.38. The standard InChI is InChI=1S/C21H24N7O3P/c1-13-22-20-25-19(23-16-11-10-14(32(4,5)29)12-18(16)31-3)26-21(28(20)27-13)24-15-8-6-7-9-17(15)30-2/h6-12H,1-5H3,(H2,22,23,24,25,26,27). The van der Waals surface area contributed by atoms with E-state index in [1.165, 1.54) is 4.52 Å². The van der Waals surface area contributed by atoms with Crippen molar-refractivity contribution in [1.29, 1.82) is 0 Å². The Morgan fingerprint density at radius 1 is 0.906 bits per heavy atom. The van der Waals surface area contributed by atoms with Gasteiger partial charge < -0.3 is 24.7 Å². The van der Waals surface area contributed by atoms with Crippen LogP contribution in [-0.4, -0.2) is 52.1 Å². The molecule has 4 rings (SSSR count). The first-order valence-corrected chi connectivity index (χ1v) is 12.4. The maximum Gasteiger partial charge on any atom is 0.258 e. The molecule has 0 unspecified atom stereocenters. The molecule has 166 valence electrons. The molecule has 0 atom stereocenters. The third-order valence-electron chi connectivity index (χ3n) is 4.72. The number of para-hydroxylation sites is 2. The highest BCUT2D eigenvalue weighted by molar-refractivity contribution is 7.70. The summed E-state index contributed by atoms with van der Waals surface area (Å²) in [5, 5.41) is 11.5. The van der Waals surface area contributed by atoms with Gasteiger partial charge in [0.05, 0.1) is 25.6 Å². The van der Waals surface area contributed by atoms with Crippen LogP contribution in [0.15, 0.2) is 42.5 Å². The molecular formula is C21H24N7O3P. The predicted molar refractivity (Wildman–Crippen MR) is 125 cm³/mol. The molecule has 0 spiro atoms. The van der Waals surface area contributed by atoms with Crippen molar-refractivity contribution in [1.82, 2.24) is 24.6 Å². The van der Waals surface area contributed by atoms with Gasteiger partial charge in [-0.05, 0) is 50.6 Å². The van der Waals surface area contributed by atoms with Gasteiger partial charge in [-0.25, -0.2) is 0 Å². The second-order valence-electron chi connectivity index (χ2n) is 7.43. The Kier molecular flexibility index (Phi) is 5.71. The van der Waals surface area contributed by atoms with E-state index in [4.69, 9.17) is 9.47 Å². The molecule has 2 heterocycles. The van der Waals surface area contributed by atoms with E-state index >= 15 is 0 Å². The molecule has 2 aromatic heterocycles. The Hall–Kier alpha value is -3.65. The van der Waals surface area contributed by atoms with Crippen LogP contribution in [0.2, 0.25) is 0 Å². The molecule has 0 radical (unpaired) electrons. The lowest BCUT2D eigenvalue weighted by Gasteiger charge is -2.15. The molecule has 0 aliphatic carbocycles. The van der Waals surface area contributed by atoms with Crippen molar-refractivity contribution in [2.75, 3.05) is 38.2 Å². The van der Waals surface area contributed by atoms with Crippen LogP contribution in [0.25, 0.3) is 5.78 Å². The summed E-state index contributed by atoms with van der Waals surface area (Å²) in [7, 11) is 0.731. The van der Waals surface area contributed by atoms with Crippen molar-refractivity contribution in [3.63, 3.8) is 0 Å². The highest BCUT2D eigenvalue weighted by Gasteiger charge is 2.17. The Morgan fingerprint density at radius 3 is 2.34 bits per heavy atom. The Morgan fingerprint density at radius 2 is 1.62 bits per heavy atom. The lowest BCUT2D eigenvalue weighted by Crippen LogP contribution is -2.10. The zero-order valence-electron chi connectivity index (χ0n) is 18.4.